The van der Waals surface area contributed by atoms with E-state index in [9.17, 15) is 5.26 Å². The summed E-state index contributed by atoms with van der Waals surface area (Å²) in [6.45, 7) is 4.42. The molecule has 8 heteroatoms. The van der Waals surface area contributed by atoms with Crippen molar-refractivity contribution < 1.29 is 4.74 Å². The number of hydrogen-bond donors (Lipinski definition) is 1. The summed E-state index contributed by atoms with van der Waals surface area (Å²) in [6.07, 6.45) is 7.75. The molecule has 0 aromatic carbocycles. The van der Waals surface area contributed by atoms with E-state index in [0.29, 0.717) is 18.6 Å². The van der Waals surface area contributed by atoms with Crippen molar-refractivity contribution in [3.8, 4) is 6.07 Å². The molecule has 0 radical (unpaired) electrons. The van der Waals surface area contributed by atoms with Gasteiger partial charge in [0.05, 0.1) is 29.7 Å². The Morgan fingerprint density at radius 3 is 2.81 bits per heavy atom. The average Bonchev–Trinajstić information content (AvgIpc) is 3.26. The lowest BCUT2D eigenvalue weighted by Crippen LogP contribution is -2.45. The van der Waals surface area contributed by atoms with E-state index in [1.165, 1.54) is 24.3 Å². The Hall–Kier alpha value is -1.17. The number of nitriles is 1. The zero-order valence-corrected chi connectivity index (χ0v) is 17.0. The molecule has 2 saturated carbocycles. The molecule has 1 saturated heterocycles. The van der Waals surface area contributed by atoms with Crippen LogP contribution in [0.5, 0.6) is 0 Å². The van der Waals surface area contributed by atoms with Gasteiger partial charge in [-0.1, -0.05) is 0 Å². The lowest BCUT2D eigenvalue weighted by Gasteiger charge is -2.31. The van der Waals surface area contributed by atoms with Crippen LogP contribution >= 0.6 is 11.8 Å². The Labute approximate surface area is 165 Å². The number of hydrogen-bond acceptors (Lipinski definition) is 7. The van der Waals surface area contributed by atoms with E-state index in [0.717, 1.165) is 51.0 Å². The zero-order valence-electron chi connectivity index (χ0n) is 16.2. The maximum absolute atomic E-state index is 9.66. The molecule has 7 nitrogen and oxygen atoms in total. The fourth-order valence-corrected chi connectivity index (χ4v) is 5.49. The van der Waals surface area contributed by atoms with E-state index in [1.807, 2.05) is 16.4 Å². The minimum absolute atomic E-state index is 0.325. The van der Waals surface area contributed by atoms with Crippen LogP contribution in [0, 0.1) is 22.7 Å². The molecule has 1 aromatic rings. The van der Waals surface area contributed by atoms with Crippen LogP contribution in [0.3, 0.4) is 0 Å². The Morgan fingerprint density at radius 2 is 2.11 bits per heavy atom. The van der Waals surface area contributed by atoms with Crippen LogP contribution in [0.25, 0.3) is 0 Å². The summed E-state index contributed by atoms with van der Waals surface area (Å²) < 4.78 is 8.07. The predicted molar refractivity (Wildman–Crippen MR) is 104 cm³/mol. The second kappa shape index (κ2) is 8.06. The van der Waals surface area contributed by atoms with E-state index in [2.05, 4.69) is 33.8 Å². The molecule has 1 aromatic heterocycles. The molecular formula is C19H30N6OS. The molecule has 1 aliphatic heterocycles. The first-order chi connectivity index (χ1) is 13.1. The third-order valence-corrected chi connectivity index (χ3v) is 7.29. The van der Waals surface area contributed by atoms with E-state index in [-0.39, 0.29) is 11.0 Å². The summed E-state index contributed by atoms with van der Waals surface area (Å²) in [7, 11) is 0. The Kier molecular flexibility index (Phi) is 5.72. The van der Waals surface area contributed by atoms with Crippen molar-refractivity contribution in [1.82, 2.24) is 25.5 Å². The molecule has 2 aliphatic carbocycles. The van der Waals surface area contributed by atoms with Gasteiger partial charge in [0, 0.05) is 13.1 Å². The Balaban J connectivity index is 1.43. The number of thioether (sulfide) groups is 1. The lowest BCUT2D eigenvalue weighted by molar-refractivity contribution is 0.0453. The first-order valence-corrected chi connectivity index (χ1v) is 11.4. The summed E-state index contributed by atoms with van der Waals surface area (Å²) in [5.41, 5.74) is -0.653. The highest BCUT2D eigenvalue weighted by molar-refractivity contribution is 7.99. The van der Waals surface area contributed by atoms with Gasteiger partial charge in [0.2, 0.25) is 0 Å². The van der Waals surface area contributed by atoms with Crippen molar-refractivity contribution in [2.75, 3.05) is 24.7 Å². The van der Waals surface area contributed by atoms with Crippen LogP contribution in [0.15, 0.2) is 0 Å². The summed E-state index contributed by atoms with van der Waals surface area (Å²) >= 11 is 2.02. The van der Waals surface area contributed by atoms with Crippen LogP contribution in [-0.4, -0.2) is 51.0 Å². The van der Waals surface area contributed by atoms with Crippen molar-refractivity contribution in [3.05, 3.63) is 5.82 Å². The molecule has 2 unspecified atom stereocenters. The van der Waals surface area contributed by atoms with Gasteiger partial charge in [-0.25, -0.2) is 4.68 Å². The van der Waals surface area contributed by atoms with Crippen molar-refractivity contribution in [1.29, 1.82) is 5.26 Å². The molecular weight excluding hydrogens is 360 g/mol. The number of nitrogens with one attached hydrogen (secondary N) is 1. The number of aromatic nitrogens is 4. The third kappa shape index (κ3) is 4.47. The molecule has 27 heavy (non-hydrogen) atoms. The molecule has 0 amide bonds. The Morgan fingerprint density at radius 1 is 1.30 bits per heavy atom. The molecule has 0 bridgehead atoms. The number of rotatable bonds is 8. The van der Waals surface area contributed by atoms with Crippen LogP contribution in [0.4, 0.5) is 0 Å². The molecule has 4 rings (SSSR count). The molecule has 2 atom stereocenters. The van der Waals surface area contributed by atoms with Gasteiger partial charge in [0.1, 0.15) is 0 Å². The van der Waals surface area contributed by atoms with Crippen molar-refractivity contribution in [3.63, 3.8) is 0 Å². The second-order valence-electron chi connectivity index (χ2n) is 8.67. The molecule has 1 N–H and O–H groups in total. The number of ether oxygens (including phenoxy) is 1. The number of tetrazole rings is 1. The van der Waals surface area contributed by atoms with Gasteiger partial charge in [-0.2, -0.15) is 17.0 Å². The third-order valence-electron chi connectivity index (χ3n) is 6.24. The highest BCUT2D eigenvalue weighted by Gasteiger charge is 2.50. The van der Waals surface area contributed by atoms with Crippen molar-refractivity contribution in [2.45, 2.75) is 70.1 Å². The van der Waals surface area contributed by atoms with E-state index in [4.69, 9.17) is 4.74 Å². The van der Waals surface area contributed by atoms with Gasteiger partial charge < -0.3 is 10.1 Å². The summed E-state index contributed by atoms with van der Waals surface area (Å²) in [4.78, 5) is 0. The second-order valence-corrected chi connectivity index (χ2v) is 9.89. The van der Waals surface area contributed by atoms with E-state index in [1.54, 1.807) is 0 Å². The van der Waals surface area contributed by atoms with Gasteiger partial charge in [-0.05, 0) is 79.7 Å². The molecule has 3 aliphatic rings. The van der Waals surface area contributed by atoms with Crippen LogP contribution in [0.2, 0.25) is 0 Å². The maximum atomic E-state index is 9.66. The molecule has 148 valence electrons. The summed E-state index contributed by atoms with van der Waals surface area (Å²) in [5.74, 6) is 4.03. The van der Waals surface area contributed by atoms with Gasteiger partial charge in [0.15, 0.2) is 5.82 Å². The molecule has 3 fully saturated rings. The fraction of sp³-hybridized carbons (Fsp3) is 0.895. The van der Waals surface area contributed by atoms with Gasteiger partial charge in [-0.3, -0.25) is 0 Å². The summed E-state index contributed by atoms with van der Waals surface area (Å²) in [6, 6.07) is 2.52. The predicted octanol–water partition coefficient (Wildman–Crippen LogP) is 2.49. The van der Waals surface area contributed by atoms with Gasteiger partial charge in [0.25, 0.3) is 0 Å². The van der Waals surface area contributed by atoms with Crippen LogP contribution in [0.1, 0.15) is 57.7 Å². The van der Waals surface area contributed by atoms with Gasteiger partial charge in [-0.15, -0.1) is 5.10 Å². The minimum atomic E-state index is -0.329. The largest absolute Gasteiger partial charge is 0.377 e. The lowest BCUT2D eigenvalue weighted by atomic mass is 9.86. The van der Waals surface area contributed by atoms with Gasteiger partial charge >= 0.3 is 0 Å². The van der Waals surface area contributed by atoms with Crippen molar-refractivity contribution >= 4 is 11.8 Å². The minimum Gasteiger partial charge on any atom is -0.377 e. The Bertz CT molecular complexity index is 680. The molecule has 2 heterocycles. The van der Waals surface area contributed by atoms with Crippen LogP contribution in [-0.2, 0) is 16.8 Å². The standard InChI is InChI=1S/C19H30N6OS/c1-18(14-20)6-7-19(13-18,17-22-23-24-25(17)12-15-2-3-15)21-8-9-26-16-4-10-27-11-5-16/h15-16,21H,2-13H2,1H3. The van der Waals surface area contributed by atoms with E-state index >= 15 is 0 Å². The topological polar surface area (TPSA) is 88.7 Å². The van der Waals surface area contributed by atoms with Crippen molar-refractivity contribution in [2.24, 2.45) is 11.3 Å². The first-order valence-electron chi connectivity index (χ1n) is 10.2. The summed E-state index contributed by atoms with van der Waals surface area (Å²) in [5, 5.41) is 26.0. The normalized spacial score (nSPS) is 31.9. The smallest absolute Gasteiger partial charge is 0.171 e. The first kappa shape index (κ1) is 19.2. The highest BCUT2D eigenvalue weighted by atomic mass is 32.2. The molecule has 0 spiro atoms. The highest BCUT2D eigenvalue weighted by Crippen LogP contribution is 2.48. The maximum Gasteiger partial charge on any atom is 0.171 e. The fourth-order valence-electron chi connectivity index (χ4n) is 4.42. The quantitative estimate of drug-likeness (QED) is 0.682. The monoisotopic (exact) mass is 390 g/mol. The zero-order chi connectivity index (χ0) is 18.7. The number of nitrogens with zero attached hydrogens (tertiary/aromatic N) is 5. The van der Waals surface area contributed by atoms with E-state index < -0.39 is 0 Å². The average molecular weight is 391 g/mol. The van der Waals surface area contributed by atoms with Crippen LogP contribution < -0.4 is 5.32 Å². The SMILES string of the molecule is CC1(C#N)CCC(NCCOC2CCSCC2)(c2nnnn2CC2CC2)C1.